The van der Waals surface area contributed by atoms with Gasteiger partial charge in [-0.2, -0.15) is 0 Å². The smallest absolute Gasteiger partial charge is 0.125 e. The molecule has 0 radical (unpaired) electrons. The van der Waals surface area contributed by atoms with Gasteiger partial charge in [-0.3, -0.25) is 0 Å². The van der Waals surface area contributed by atoms with Crippen molar-refractivity contribution in [2.75, 3.05) is 5.73 Å². The van der Waals surface area contributed by atoms with E-state index in [-0.39, 0.29) is 5.82 Å². The average Bonchev–Trinajstić information content (AvgIpc) is 2.17. The van der Waals surface area contributed by atoms with Gasteiger partial charge in [0.05, 0.1) is 0 Å². The second kappa shape index (κ2) is 3.87. The minimum Gasteiger partial charge on any atom is -0.384 e. The zero-order chi connectivity index (χ0) is 10.8. The normalized spacial score (nSPS) is 10.3. The third-order valence-electron chi connectivity index (χ3n) is 1.98. The van der Waals surface area contributed by atoms with Crippen molar-refractivity contribution in [1.82, 2.24) is 4.98 Å². The van der Waals surface area contributed by atoms with Crippen molar-refractivity contribution < 1.29 is 4.39 Å². The number of halogens is 2. The minimum absolute atomic E-state index is 0.363. The Balaban J connectivity index is 2.49. The molecule has 1 heterocycles. The summed E-state index contributed by atoms with van der Waals surface area (Å²) in [6.07, 6.45) is 1.58. The van der Waals surface area contributed by atoms with Crippen molar-refractivity contribution in [3.63, 3.8) is 0 Å². The lowest BCUT2D eigenvalue weighted by Crippen LogP contribution is -1.89. The van der Waals surface area contributed by atoms with Crippen LogP contribution >= 0.6 is 11.6 Å². The first-order valence-electron chi connectivity index (χ1n) is 4.33. The lowest BCUT2D eigenvalue weighted by atomic mass is 10.1. The first-order valence-corrected chi connectivity index (χ1v) is 4.71. The minimum atomic E-state index is -0.366. The van der Waals surface area contributed by atoms with Crippen molar-refractivity contribution in [2.24, 2.45) is 0 Å². The van der Waals surface area contributed by atoms with E-state index in [4.69, 9.17) is 17.3 Å². The summed E-state index contributed by atoms with van der Waals surface area (Å²) in [7, 11) is 0. The maximum atomic E-state index is 13.1. The molecular formula is C11H8ClFN2. The SMILES string of the molecule is Nc1ccc(-c2cc(F)cc(Cl)c2)cn1. The molecule has 15 heavy (non-hydrogen) atoms. The van der Waals surface area contributed by atoms with Crippen LogP contribution in [0.5, 0.6) is 0 Å². The molecule has 0 aliphatic carbocycles. The van der Waals surface area contributed by atoms with Crippen LogP contribution in [0.2, 0.25) is 5.02 Å². The highest BCUT2D eigenvalue weighted by Gasteiger charge is 2.02. The lowest BCUT2D eigenvalue weighted by molar-refractivity contribution is 0.628. The highest BCUT2D eigenvalue weighted by molar-refractivity contribution is 6.30. The van der Waals surface area contributed by atoms with E-state index in [1.54, 1.807) is 24.4 Å². The molecule has 0 spiro atoms. The Morgan fingerprint density at radius 1 is 1.13 bits per heavy atom. The molecule has 4 heteroatoms. The summed E-state index contributed by atoms with van der Waals surface area (Å²) in [6, 6.07) is 7.77. The van der Waals surface area contributed by atoms with Crippen LogP contribution in [-0.4, -0.2) is 4.98 Å². The Kier molecular flexibility index (Phi) is 2.56. The number of hydrogen-bond acceptors (Lipinski definition) is 2. The zero-order valence-electron chi connectivity index (χ0n) is 7.74. The maximum Gasteiger partial charge on any atom is 0.125 e. The van der Waals surface area contributed by atoms with E-state index in [1.165, 1.54) is 12.1 Å². The van der Waals surface area contributed by atoms with Crippen molar-refractivity contribution in [1.29, 1.82) is 0 Å². The lowest BCUT2D eigenvalue weighted by Gasteiger charge is -2.02. The molecule has 1 aromatic carbocycles. The molecule has 0 fully saturated rings. The monoisotopic (exact) mass is 222 g/mol. The van der Waals surface area contributed by atoms with Crippen LogP contribution in [0.4, 0.5) is 10.2 Å². The second-order valence-corrected chi connectivity index (χ2v) is 3.57. The van der Waals surface area contributed by atoms with Gasteiger partial charge in [0.15, 0.2) is 0 Å². The molecule has 2 aromatic rings. The summed E-state index contributed by atoms with van der Waals surface area (Å²) in [5, 5.41) is 0.363. The first-order chi connectivity index (χ1) is 7.15. The first kappa shape index (κ1) is 9.93. The molecule has 1 aromatic heterocycles. The summed E-state index contributed by atoms with van der Waals surface area (Å²) < 4.78 is 13.1. The fourth-order valence-corrected chi connectivity index (χ4v) is 1.52. The van der Waals surface area contributed by atoms with Crippen LogP contribution < -0.4 is 5.73 Å². The summed E-state index contributed by atoms with van der Waals surface area (Å²) in [4.78, 5) is 3.93. The van der Waals surface area contributed by atoms with Crippen molar-refractivity contribution in [3.05, 3.63) is 47.4 Å². The van der Waals surface area contributed by atoms with E-state index in [0.29, 0.717) is 16.4 Å². The quantitative estimate of drug-likeness (QED) is 0.805. The van der Waals surface area contributed by atoms with Crippen LogP contribution in [0.1, 0.15) is 0 Å². The van der Waals surface area contributed by atoms with E-state index in [2.05, 4.69) is 4.98 Å². The summed E-state index contributed by atoms with van der Waals surface area (Å²) in [5.41, 5.74) is 6.92. The molecule has 0 saturated heterocycles. The fraction of sp³-hybridized carbons (Fsp3) is 0. The van der Waals surface area contributed by atoms with Crippen LogP contribution in [0.15, 0.2) is 36.5 Å². The summed E-state index contributed by atoms with van der Waals surface area (Å²) in [5.74, 6) is 0.0653. The summed E-state index contributed by atoms with van der Waals surface area (Å²) in [6.45, 7) is 0. The van der Waals surface area contributed by atoms with Crippen LogP contribution in [0.25, 0.3) is 11.1 Å². The molecule has 2 nitrogen and oxygen atoms in total. The van der Waals surface area contributed by atoms with Gasteiger partial charge < -0.3 is 5.73 Å². The van der Waals surface area contributed by atoms with Gasteiger partial charge in [-0.05, 0) is 35.9 Å². The molecule has 0 aliphatic heterocycles. The molecule has 0 aliphatic rings. The highest BCUT2D eigenvalue weighted by Crippen LogP contribution is 2.23. The molecule has 0 saturated carbocycles. The Bertz CT molecular complexity index is 462. The molecule has 0 atom stereocenters. The van der Waals surface area contributed by atoms with Gasteiger partial charge in [-0.15, -0.1) is 0 Å². The predicted molar refractivity (Wildman–Crippen MR) is 59.1 cm³/mol. The number of hydrogen-bond donors (Lipinski definition) is 1. The third kappa shape index (κ3) is 2.25. The van der Waals surface area contributed by atoms with Gasteiger partial charge in [0.25, 0.3) is 0 Å². The Hall–Kier alpha value is -1.61. The molecule has 0 amide bonds. The van der Waals surface area contributed by atoms with Crippen LogP contribution in [0.3, 0.4) is 0 Å². The standard InChI is InChI=1S/C11H8ClFN2/c12-9-3-8(4-10(13)5-9)7-1-2-11(14)15-6-7/h1-6H,(H2,14,15). The van der Waals surface area contributed by atoms with Gasteiger partial charge in [0.2, 0.25) is 0 Å². The topological polar surface area (TPSA) is 38.9 Å². The van der Waals surface area contributed by atoms with E-state index >= 15 is 0 Å². The molecule has 0 bridgehead atoms. The molecule has 0 unspecified atom stereocenters. The highest BCUT2D eigenvalue weighted by atomic mass is 35.5. The van der Waals surface area contributed by atoms with E-state index in [0.717, 1.165) is 5.56 Å². The number of nitrogens with two attached hydrogens (primary N) is 1. The summed E-state index contributed by atoms with van der Waals surface area (Å²) >= 11 is 5.75. The number of nitrogen functional groups attached to an aromatic ring is 1. The van der Waals surface area contributed by atoms with E-state index in [9.17, 15) is 4.39 Å². The van der Waals surface area contributed by atoms with Crippen LogP contribution in [-0.2, 0) is 0 Å². The Morgan fingerprint density at radius 2 is 1.93 bits per heavy atom. The number of aromatic nitrogens is 1. The van der Waals surface area contributed by atoms with E-state index < -0.39 is 0 Å². The number of pyridine rings is 1. The van der Waals surface area contributed by atoms with Crippen molar-refractivity contribution >= 4 is 17.4 Å². The largest absolute Gasteiger partial charge is 0.384 e. The number of nitrogens with zero attached hydrogens (tertiary/aromatic N) is 1. The molecule has 2 rings (SSSR count). The van der Waals surface area contributed by atoms with Gasteiger partial charge >= 0.3 is 0 Å². The van der Waals surface area contributed by atoms with Gasteiger partial charge in [-0.1, -0.05) is 11.6 Å². The second-order valence-electron chi connectivity index (χ2n) is 3.13. The predicted octanol–water partition coefficient (Wildman–Crippen LogP) is 3.12. The number of anilines is 1. The maximum absolute atomic E-state index is 13.1. The van der Waals surface area contributed by atoms with Crippen LogP contribution in [0, 0.1) is 5.82 Å². The Morgan fingerprint density at radius 3 is 2.53 bits per heavy atom. The Labute approximate surface area is 91.5 Å². The van der Waals surface area contributed by atoms with Crippen molar-refractivity contribution in [3.8, 4) is 11.1 Å². The third-order valence-corrected chi connectivity index (χ3v) is 2.20. The van der Waals surface area contributed by atoms with E-state index in [1.807, 2.05) is 0 Å². The molecular weight excluding hydrogens is 215 g/mol. The molecule has 76 valence electrons. The fourth-order valence-electron chi connectivity index (χ4n) is 1.30. The number of rotatable bonds is 1. The van der Waals surface area contributed by atoms with Gasteiger partial charge in [0.1, 0.15) is 11.6 Å². The van der Waals surface area contributed by atoms with Crippen molar-refractivity contribution in [2.45, 2.75) is 0 Å². The average molecular weight is 223 g/mol. The van der Waals surface area contributed by atoms with Gasteiger partial charge in [0, 0.05) is 16.8 Å². The zero-order valence-corrected chi connectivity index (χ0v) is 8.50. The molecule has 2 N–H and O–H groups in total. The van der Waals surface area contributed by atoms with Gasteiger partial charge in [-0.25, -0.2) is 9.37 Å². The number of benzene rings is 1.